The van der Waals surface area contributed by atoms with E-state index >= 15 is 0 Å². The molecular weight excluding hydrogens is 334 g/mol. The molecule has 5 nitrogen and oxygen atoms in total. The quantitative estimate of drug-likeness (QED) is 0.906. The van der Waals surface area contributed by atoms with Crippen LogP contribution in [0.4, 0.5) is 0 Å². The zero-order chi connectivity index (χ0) is 15.0. The SMILES string of the molecule is N#Cc1ccc(-n2nc(C(=O)O)c3c2CCCC3)cc1Br. The van der Waals surface area contributed by atoms with Crippen molar-refractivity contribution in [2.45, 2.75) is 25.7 Å². The Morgan fingerprint density at radius 3 is 2.81 bits per heavy atom. The lowest BCUT2D eigenvalue weighted by Crippen LogP contribution is -2.08. The lowest BCUT2D eigenvalue weighted by Gasteiger charge is -2.14. The molecule has 1 aromatic heterocycles. The van der Waals surface area contributed by atoms with E-state index in [0.29, 0.717) is 10.0 Å². The van der Waals surface area contributed by atoms with E-state index in [9.17, 15) is 9.90 Å². The number of nitrogens with zero attached hydrogens (tertiary/aromatic N) is 3. The van der Waals surface area contributed by atoms with Gasteiger partial charge in [0.1, 0.15) is 6.07 Å². The Morgan fingerprint density at radius 1 is 1.38 bits per heavy atom. The molecule has 1 aliphatic carbocycles. The molecule has 0 saturated carbocycles. The monoisotopic (exact) mass is 345 g/mol. The van der Waals surface area contributed by atoms with E-state index in [2.05, 4.69) is 27.1 Å². The molecule has 0 saturated heterocycles. The zero-order valence-electron chi connectivity index (χ0n) is 11.1. The largest absolute Gasteiger partial charge is 0.476 e. The van der Waals surface area contributed by atoms with Crippen molar-refractivity contribution in [3.63, 3.8) is 0 Å². The number of carboxylic acid groups (broad SMARTS) is 1. The number of aromatic carboxylic acids is 1. The Hall–Kier alpha value is -2.13. The summed E-state index contributed by atoms with van der Waals surface area (Å²) in [5.74, 6) is -0.986. The predicted octanol–water partition coefficient (Wildman–Crippen LogP) is 3.08. The Kier molecular flexibility index (Phi) is 3.52. The molecule has 6 heteroatoms. The Balaban J connectivity index is 2.17. The van der Waals surface area contributed by atoms with Crippen LogP contribution in [0.3, 0.4) is 0 Å². The summed E-state index contributed by atoms with van der Waals surface area (Å²) >= 11 is 3.36. The van der Waals surface area contributed by atoms with Gasteiger partial charge in [0, 0.05) is 15.7 Å². The van der Waals surface area contributed by atoms with E-state index in [1.165, 1.54) is 0 Å². The number of carboxylic acids is 1. The first-order chi connectivity index (χ1) is 10.1. The second-order valence-corrected chi connectivity index (χ2v) is 5.83. The molecule has 2 aromatic rings. The average Bonchev–Trinajstić information content (AvgIpc) is 2.87. The fraction of sp³-hybridized carbons (Fsp3) is 0.267. The number of benzene rings is 1. The molecule has 106 valence electrons. The van der Waals surface area contributed by atoms with Crippen molar-refractivity contribution in [3.8, 4) is 11.8 Å². The van der Waals surface area contributed by atoms with Crippen molar-refractivity contribution in [1.82, 2.24) is 9.78 Å². The minimum atomic E-state index is -0.986. The normalized spacial score (nSPS) is 13.5. The summed E-state index contributed by atoms with van der Waals surface area (Å²) in [7, 11) is 0. The maximum Gasteiger partial charge on any atom is 0.356 e. The van der Waals surface area contributed by atoms with Gasteiger partial charge in [-0.3, -0.25) is 0 Å². The maximum atomic E-state index is 11.4. The zero-order valence-corrected chi connectivity index (χ0v) is 12.7. The summed E-state index contributed by atoms with van der Waals surface area (Å²) in [6.07, 6.45) is 3.62. The second kappa shape index (κ2) is 5.34. The van der Waals surface area contributed by atoms with Crippen molar-refractivity contribution in [1.29, 1.82) is 5.26 Å². The summed E-state index contributed by atoms with van der Waals surface area (Å²) in [6.45, 7) is 0. The molecule has 21 heavy (non-hydrogen) atoms. The van der Waals surface area contributed by atoms with Gasteiger partial charge in [0.05, 0.1) is 11.3 Å². The molecule has 1 N–H and O–H groups in total. The second-order valence-electron chi connectivity index (χ2n) is 4.97. The highest BCUT2D eigenvalue weighted by Crippen LogP contribution is 2.28. The van der Waals surface area contributed by atoms with Crippen LogP contribution >= 0.6 is 15.9 Å². The van der Waals surface area contributed by atoms with Gasteiger partial charge >= 0.3 is 5.97 Å². The minimum Gasteiger partial charge on any atom is -0.476 e. The molecule has 0 aliphatic heterocycles. The third-order valence-electron chi connectivity index (χ3n) is 3.70. The smallest absolute Gasteiger partial charge is 0.356 e. The van der Waals surface area contributed by atoms with Crippen LogP contribution in [0.1, 0.15) is 40.2 Å². The molecule has 0 amide bonds. The van der Waals surface area contributed by atoms with Crippen molar-refractivity contribution < 1.29 is 9.90 Å². The Morgan fingerprint density at radius 2 is 2.14 bits per heavy atom. The Bertz CT molecular complexity index is 774. The third kappa shape index (κ3) is 2.34. The molecule has 0 atom stereocenters. The number of halogens is 1. The van der Waals surface area contributed by atoms with Gasteiger partial charge in [0.15, 0.2) is 5.69 Å². The number of hydrogen-bond donors (Lipinski definition) is 1. The van der Waals surface area contributed by atoms with Crippen LogP contribution in [0.25, 0.3) is 5.69 Å². The molecule has 1 aliphatic rings. The van der Waals surface area contributed by atoms with Gasteiger partial charge in [-0.2, -0.15) is 10.4 Å². The van der Waals surface area contributed by atoms with Crippen LogP contribution in [0, 0.1) is 11.3 Å². The maximum absolute atomic E-state index is 11.4. The highest BCUT2D eigenvalue weighted by Gasteiger charge is 2.25. The number of hydrogen-bond acceptors (Lipinski definition) is 3. The van der Waals surface area contributed by atoms with Gasteiger partial charge in [-0.15, -0.1) is 0 Å². The standard InChI is InChI=1S/C15H12BrN3O2/c16-12-7-10(6-5-9(12)8-17)19-13-4-2-1-3-11(13)14(18-19)15(20)21/h5-7H,1-4H2,(H,20,21). The lowest BCUT2D eigenvalue weighted by atomic mass is 9.95. The summed E-state index contributed by atoms with van der Waals surface area (Å²) < 4.78 is 2.38. The molecule has 0 fully saturated rings. The fourth-order valence-electron chi connectivity index (χ4n) is 2.71. The fourth-order valence-corrected chi connectivity index (χ4v) is 3.17. The van der Waals surface area contributed by atoms with Gasteiger partial charge < -0.3 is 5.11 Å². The highest BCUT2D eigenvalue weighted by molar-refractivity contribution is 9.10. The van der Waals surface area contributed by atoms with Crippen molar-refractivity contribution in [2.75, 3.05) is 0 Å². The van der Waals surface area contributed by atoms with E-state index < -0.39 is 5.97 Å². The third-order valence-corrected chi connectivity index (χ3v) is 4.36. The first kappa shape index (κ1) is 13.8. The molecule has 0 spiro atoms. The first-order valence-electron chi connectivity index (χ1n) is 6.66. The van der Waals surface area contributed by atoms with Crippen molar-refractivity contribution in [2.24, 2.45) is 0 Å². The molecule has 0 bridgehead atoms. The number of rotatable bonds is 2. The molecule has 3 rings (SSSR count). The van der Waals surface area contributed by atoms with Crippen LogP contribution < -0.4 is 0 Å². The number of fused-ring (bicyclic) bond motifs is 1. The van der Waals surface area contributed by atoms with Gasteiger partial charge in [-0.1, -0.05) is 0 Å². The number of aromatic nitrogens is 2. The van der Waals surface area contributed by atoms with Crippen molar-refractivity contribution in [3.05, 3.63) is 45.2 Å². The summed E-state index contributed by atoms with van der Waals surface area (Å²) in [6, 6.07) is 7.38. The molecule has 0 radical (unpaired) electrons. The first-order valence-corrected chi connectivity index (χ1v) is 7.45. The summed E-state index contributed by atoms with van der Waals surface area (Å²) in [5, 5.41) is 22.5. The molecule has 1 heterocycles. The van der Waals surface area contributed by atoms with Crippen LogP contribution in [0.15, 0.2) is 22.7 Å². The summed E-state index contributed by atoms with van der Waals surface area (Å²) in [5.41, 5.74) is 3.26. The van der Waals surface area contributed by atoms with E-state index in [-0.39, 0.29) is 5.69 Å². The predicted molar refractivity (Wildman–Crippen MR) is 79.6 cm³/mol. The van der Waals surface area contributed by atoms with E-state index in [1.54, 1.807) is 22.9 Å². The highest BCUT2D eigenvalue weighted by atomic mass is 79.9. The van der Waals surface area contributed by atoms with E-state index in [1.807, 2.05) is 0 Å². The van der Waals surface area contributed by atoms with Gasteiger partial charge in [-0.25, -0.2) is 9.48 Å². The molecule has 0 unspecified atom stereocenters. The Labute approximate surface area is 129 Å². The summed E-state index contributed by atoms with van der Waals surface area (Å²) in [4.78, 5) is 11.4. The number of carbonyl (C=O) groups is 1. The van der Waals surface area contributed by atoms with Crippen LogP contribution in [-0.4, -0.2) is 20.9 Å². The van der Waals surface area contributed by atoms with Crippen LogP contribution in [-0.2, 0) is 12.8 Å². The van der Waals surface area contributed by atoms with Gasteiger partial charge in [-0.05, 0) is 59.8 Å². The van der Waals surface area contributed by atoms with Crippen molar-refractivity contribution >= 4 is 21.9 Å². The minimum absolute atomic E-state index is 0.144. The molecule has 1 aromatic carbocycles. The molecular formula is C15H12BrN3O2. The van der Waals surface area contributed by atoms with Gasteiger partial charge in [0.25, 0.3) is 0 Å². The van der Waals surface area contributed by atoms with E-state index in [0.717, 1.165) is 42.6 Å². The van der Waals surface area contributed by atoms with Crippen LogP contribution in [0.2, 0.25) is 0 Å². The van der Waals surface area contributed by atoms with Crippen LogP contribution in [0.5, 0.6) is 0 Å². The van der Waals surface area contributed by atoms with E-state index in [4.69, 9.17) is 5.26 Å². The topological polar surface area (TPSA) is 78.9 Å². The number of nitriles is 1. The lowest BCUT2D eigenvalue weighted by molar-refractivity contribution is 0.0688. The van der Waals surface area contributed by atoms with Gasteiger partial charge in [0.2, 0.25) is 0 Å². The average molecular weight is 346 g/mol.